The Hall–Kier alpha value is -0.0800. The van der Waals surface area contributed by atoms with Crippen LogP contribution in [0.25, 0.3) is 0 Å². The third-order valence-corrected chi connectivity index (χ3v) is 2.36. The Balaban J connectivity index is 1.83. The maximum absolute atomic E-state index is 5.41. The molecular formula is C10H20O2. The number of rotatable bonds is 7. The summed E-state index contributed by atoms with van der Waals surface area (Å²) in [4.78, 5) is 0. The van der Waals surface area contributed by atoms with Gasteiger partial charge in [0.1, 0.15) is 6.10 Å². The van der Waals surface area contributed by atoms with Gasteiger partial charge < -0.3 is 9.47 Å². The molecule has 0 aromatic heterocycles. The third-order valence-electron chi connectivity index (χ3n) is 2.36. The van der Waals surface area contributed by atoms with E-state index in [1.165, 1.54) is 32.1 Å². The molecule has 72 valence electrons. The normalized spacial score (nSPS) is 27.5. The molecule has 0 bridgehead atoms. The summed E-state index contributed by atoms with van der Waals surface area (Å²) < 4.78 is 10.4. The van der Waals surface area contributed by atoms with Crippen molar-refractivity contribution >= 4 is 0 Å². The highest BCUT2D eigenvalue weighted by atomic mass is 16.6. The number of hydrogen-bond donors (Lipinski definition) is 0. The summed E-state index contributed by atoms with van der Waals surface area (Å²) in [5, 5.41) is 0. The molecule has 1 aliphatic rings. The highest BCUT2D eigenvalue weighted by Gasteiger charge is 2.37. The Morgan fingerprint density at radius 3 is 2.67 bits per heavy atom. The number of hydrogen-bond acceptors (Lipinski definition) is 2. The molecule has 0 aliphatic carbocycles. The van der Waals surface area contributed by atoms with Crippen LogP contribution < -0.4 is 0 Å². The minimum atomic E-state index is 0.414. The second-order valence-electron chi connectivity index (χ2n) is 3.52. The van der Waals surface area contributed by atoms with Crippen LogP contribution in [-0.4, -0.2) is 25.9 Å². The van der Waals surface area contributed by atoms with Crippen LogP contribution in [0.5, 0.6) is 0 Å². The Kier molecular flexibility index (Phi) is 4.62. The molecule has 0 saturated carbocycles. The van der Waals surface area contributed by atoms with Crippen molar-refractivity contribution in [2.24, 2.45) is 0 Å². The van der Waals surface area contributed by atoms with E-state index in [4.69, 9.17) is 9.47 Å². The van der Waals surface area contributed by atoms with Crippen molar-refractivity contribution in [3.63, 3.8) is 0 Å². The third kappa shape index (κ3) is 3.55. The summed E-state index contributed by atoms with van der Waals surface area (Å²) in [5.74, 6) is 0. The van der Waals surface area contributed by atoms with Gasteiger partial charge in [-0.1, -0.05) is 32.6 Å². The number of epoxide rings is 1. The molecule has 0 N–H and O–H groups in total. The van der Waals surface area contributed by atoms with E-state index in [0.717, 1.165) is 6.61 Å². The van der Waals surface area contributed by atoms with Gasteiger partial charge in [0.15, 0.2) is 0 Å². The maximum atomic E-state index is 5.41. The maximum Gasteiger partial charge on any atom is 0.107 e. The fraction of sp³-hybridized carbons (Fsp3) is 1.00. The molecule has 12 heavy (non-hydrogen) atoms. The quantitative estimate of drug-likeness (QED) is 0.434. The van der Waals surface area contributed by atoms with Crippen LogP contribution in [0.4, 0.5) is 0 Å². The second-order valence-corrected chi connectivity index (χ2v) is 3.52. The zero-order valence-electron chi connectivity index (χ0n) is 8.21. The first-order chi connectivity index (χ1) is 5.88. The minimum absolute atomic E-state index is 0.414. The highest BCUT2D eigenvalue weighted by Crippen LogP contribution is 2.27. The summed E-state index contributed by atoms with van der Waals surface area (Å²) in [6.07, 6.45) is 7.51. The van der Waals surface area contributed by atoms with Crippen molar-refractivity contribution in [3.05, 3.63) is 0 Å². The molecule has 1 heterocycles. The fourth-order valence-corrected chi connectivity index (χ4v) is 1.52. The molecule has 0 aromatic rings. The molecule has 1 rings (SSSR count). The van der Waals surface area contributed by atoms with E-state index in [2.05, 4.69) is 6.92 Å². The zero-order valence-corrected chi connectivity index (χ0v) is 8.21. The van der Waals surface area contributed by atoms with Gasteiger partial charge in [-0.15, -0.1) is 0 Å². The Morgan fingerprint density at radius 2 is 2.00 bits per heavy atom. The van der Waals surface area contributed by atoms with E-state index >= 15 is 0 Å². The highest BCUT2D eigenvalue weighted by molar-refractivity contribution is 4.83. The smallest absolute Gasteiger partial charge is 0.107 e. The lowest BCUT2D eigenvalue weighted by Crippen LogP contribution is -2.01. The van der Waals surface area contributed by atoms with Gasteiger partial charge in [0.2, 0.25) is 0 Å². The van der Waals surface area contributed by atoms with Gasteiger partial charge in [-0.05, 0) is 6.42 Å². The average molecular weight is 172 g/mol. The van der Waals surface area contributed by atoms with Crippen LogP contribution >= 0.6 is 0 Å². The topological polar surface area (TPSA) is 21.8 Å². The minimum Gasteiger partial charge on any atom is -0.382 e. The van der Waals surface area contributed by atoms with Gasteiger partial charge in [-0.2, -0.15) is 0 Å². The Bertz CT molecular complexity index is 114. The Morgan fingerprint density at radius 1 is 1.17 bits per heavy atom. The number of ether oxygens (including phenoxy) is 2. The molecule has 0 unspecified atom stereocenters. The number of methoxy groups -OCH3 is 1. The van der Waals surface area contributed by atoms with E-state index in [1.807, 2.05) is 0 Å². The SMILES string of the molecule is CCCCCC[C@@H]1O[C@@H]1COC. The summed E-state index contributed by atoms with van der Waals surface area (Å²) in [5.41, 5.74) is 0. The largest absolute Gasteiger partial charge is 0.382 e. The van der Waals surface area contributed by atoms with Crippen molar-refractivity contribution in [1.82, 2.24) is 0 Å². The molecule has 2 atom stereocenters. The van der Waals surface area contributed by atoms with Crippen LogP contribution in [0.2, 0.25) is 0 Å². The van der Waals surface area contributed by atoms with Crippen molar-refractivity contribution in [3.8, 4) is 0 Å². The van der Waals surface area contributed by atoms with Crippen molar-refractivity contribution in [2.75, 3.05) is 13.7 Å². The fourth-order valence-electron chi connectivity index (χ4n) is 1.52. The predicted molar refractivity (Wildman–Crippen MR) is 49.3 cm³/mol. The van der Waals surface area contributed by atoms with Gasteiger partial charge in [0, 0.05) is 7.11 Å². The van der Waals surface area contributed by atoms with Crippen molar-refractivity contribution < 1.29 is 9.47 Å². The van der Waals surface area contributed by atoms with E-state index in [-0.39, 0.29) is 0 Å². The molecule has 1 aliphatic heterocycles. The van der Waals surface area contributed by atoms with Crippen LogP contribution in [0.1, 0.15) is 39.0 Å². The summed E-state index contributed by atoms with van der Waals surface area (Å²) >= 11 is 0. The first-order valence-electron chi connectivity index (χ1n) is 5.03. The summed E-state index contributed by atoms with van der Waals surface area (Å²) in [7, 11) is 1.73. The van der Waals surface area contributed by atoms with Gasteiger partial charge >= 0.3 is 0 Å². The van der Waals surface area contributed by atoms with Crippen molar-refractivity contribution in [2.45, 2.75) is 51.2 Å². The van der Waals surface area contributed by atoms with Crippen molar-refractivity contribution in [1.29, 1.82) is 0 Å². The molecule has 1 fully saturated rings. The average Bonchev–Trinajstić information content (AvgIpc) is 2.79. The van der Waals surface area contributed by atoms with Gasteiger partial charge in [0.05, 0.1) is 12.7 Å². The predicted octanol–water partition coefficient (Wildman–Crippen LogP) is 2.37. The molecule has 0 radical (unpaired) electrons. The van der Waals surface area contributed by atoms with Crippen LogP contribution in [0.15, 0.2) is 0 Å². The van der Waals surface area contributed by atoms with E-state index in [1.54, 1.807) is 7.11 Å². The molecule has 2 nitrogen and oxygen atoms in total. The molecule has 0 amide bonds. The van der Waals surface area contributed by atoms with E-state index < -0.39 is 0 Å². The first-order valence-corrected chi connectivity index (χ1v) is 5.03. The summed E-state index contributed by atoms with van der Waals surface area (Å²) in [6, 6.07) is 0. The zero-order chi connectivity index (χ0) is 8.81. The number of unbranched alkanes of at least 4 members (excludes halogenated alkanes) is 3. The standard InChI is InChI=1S/C10H20O2/c1-3-4-5-6-7-9-10(12-9)8-11-2/h9-10H,3-8H2,1-2H3/t9-,10+/m0/s1. The van der Waals surface area contributed by atoms with Crippen LogP contribution in [-0.2, 0) is 9.47 Å². The molecule has 0 aromatic carbocycles. The van der Waals surface area contributed by atoms with Gasteiger partial charge in [-0.3, -0.25) is 0 Å². The van der Waals surface area contributed by atoms with E-state index in [0.29, 0.717) is 12.2 Å². The van der Waals surface area contributed by atoms with E-state index in [9.17, 15) is 0 Å². The van der Waals surface area contributed by atoms with Crippen LogP contribution in [0.3, 0.4) is 0 Å². The lowest BCUT2D eigenvalue weighted by Gasteiger charge is -1.95. The first kappa shape index (κ1) is 10.0. The molecule has 0 spiro atoms. The summed E-state index contributed by atoms with van der Waals surface area (Å²) in [6.45, 7) is 3.01. The Labute approximate surface area is 75.2 Å². The lowest BCUT2D eigenvalue weighted by molar-refractivity contribution is 0.171. The second kappa shape index (κ2) is 5.55. The monoisotopic (exact) mass is 172 g/mol. The van der Waals surface area contributed by atoms with Gasteiger partial charge in [0.25, 0.3) is 0 Å². The van der Waals surface area contributed by atoms with Gasteiger partial charge in [-0.25, -0.2) is 0 Å². The lowest BCUT2D eigenvalue weighted by atomic mass is 10.1. The molecule has 2 heteroatoms. The molecular weight excluding hydrogens is 152 g/mol. The molecule has 1 saturated heterocycles. The van der Waals surface area contributed by atoms with Crippen LogP contribution in [0, 0.1) is 0 Å².